The molecule has 4 aliphatic carbocycles. The highest BCUT2D eigenvalue weighted by molar-refractivity contribution is 7.86. The second kappa shape index (κ2) is 8.68. The number of Topliss-reactive ketones (excluding diaryl/α,β-unsaturated/α-hetero) is 2. The number of rotatable bonds is 6. The van der Waals surface area contributed by atoms with Crippen molar-refractivity contribution in [3.63, 3.8) is 0 Å². The van der Waals surface area contributed by atoms with E-state index in [4.69, 9.17) is 0 Å². The number of benzene rings is 1. The van der Waals surface area contributed by atoms with Gasteiger partial charge in [-0.3, -0.25) is 18.7 Å². The maximum Gasteiger partial charge on any atom is 0.265 e. The maximum absolute atomic E-state index is 13.7. The van der Waals surface area contributed by atoms with Gasteiger partial charge >= 0.3 is 0 Å². The quantitative estimate of drug-likeness (QED) is 0.369. The lowest BCUT2D eigenvalue weighted by molar-refractivity contribution is -0.127. The van der Waals surface area contributed by atoms with Gasteiger partial charge in [0.15, 0.2) is 11.6 Å². The summed E-state index contributed by atoms with van der Waals surface area (Å²) in [7, 11) is -8.68. The van der Waals surface area contributed by atoms with Crippen molar-refractivity contribution in [1.82, 2.24) is 0 Å². The van der Waals surface area contributed by atoms with E-state index in [9.17, 15) is 35.5 Å². The van der Waals surface area contributed by atoms with Gasteiger partial charge in [0.25, 0.3) is 20.2 Å². The van der Waals surface area contributed by atoms with Crippen molar-refractivity contribution in [3.8, 4) is 0 Å². The fraction of sp³-hybridized carbons (Fsp3) is 0.586. The SMILES string of the molecule is CC1(C)C2CCCC1(CS(=O)(=O)O)C(=O)C2=Cc1ccc(C=C2C(=O)C3(CS(=O)(=O)O)CCC2C3(C)C)cc1. The minimum absolute atomic E-state index is 0.106. The van der Waals surface area contributed by atoms with Crippen molar-refractivity contribution in [2.24, 2.45) is 33.5 Å². The zero-order valence-electron chi connectivity index (χ0n) is 22.7. The Morgan fingerprint density at radius 2 is 1.10 bits per heavy atom. The van der Waals surface area contributed by atoms with E-state index in [1.807, 2.05) is 58.0 Å². The summed E-state index contributed by atoms with van der Waals surface area (Å²) < 4.78 is 66.5. The number of allylic oxidation sites excluding steroid dienone is 2. The van der Waals surface area contributed by atoms with Gasteiger partial charge in [0.1, 0.15) is 0 Å². The number of ketones is 2. The molecule has 0 amide bonds. The van der Waals surface area contributed by atoms with Crippen molar-refractivity contribution in [3.05, 3.63) is 46.5 Å². The monoisotopic (exact) mass is 576 g/mol. The number of hydrogen-bond acceptors (Lipinski definition) is 6. The predicted molar refractivity (Wildman–Crippen MR) is 148 cm³/mol. The van der Waals surface area contributed by atoms with Crippen molar-refractivity contribution < 1.29 is 35.5 Å². The molecular weight excluding hydrogens is 540 g/mol. The molecule has 0 radical (unpaired) electrons. The molecule has 1 aromatic carbocycles. The highest BCUT2D eigenvalue weighted by Gasteiger charge is 2.68. The fourth-order valence-electron chi connectivity index (χ4n) is 8.45. The van der Waals surface area contributed by atoms with Gasteiger partial charge in [-0.15, -0.1) is 0 Å². The van der Waals surface area contributed by atoms with E-state index in [0.717, 1.165) is 17.5 Å². The van der Waals surface area contributed by atoms with E-state index in [0.29, 0.717) is 36.8 Å². The lowest BCUT2D eigenvalue weighted by Crippen LogP contribution is -2.47. The molecule has 5 rings (SSSR count). The predicted octanol–water partition coefficient (Wildman–Crippen LogP) is 4.63. The van der Waals surface area contributed by atoms with Gasteiger partial charge < -0.3 is 0 Å². The molecule has 0 heterocycles. The molecule has 2 N–H and O–H groups in total. The molecule has 39 heavy (non-hydrogen) atoms. The average molecular weight is 577 g/mol. The van der Waals surface area contributed by atoms with Crippen LogP contribution in [0.4, 0.5) is 0 Å². The summed E-state index contributed by atoms with van der Waals surface area (Å²) in [6.45, 7) is 7.63. The molecule has 0 spiro atoms. The first-order chi connectivity index (χ1) is 17.8. The molecule has 0 aliphatic heterocycles. The standard InChI is InChI=1S/C29H36O8S2/c1-26(2)22-6-5-12-28(26,16-38(32,33)34)24(30)20(22)14-18-7-9-19(10-8-18)15-21-23-11-13-29(25(21)31,27(23,3)4)17-39(35,36)37/h7-10,14-15,22-23H,5-6,11-13,16-17H2,1-4H3,(H,32,33,34)(H,35,36,37). The van der Waals surface area contributed by atoms with Crippen LogP contribution in [-0.4, -0.2) is 49.0 Å². The first-order valence-electron chi connectivity index (χ1n) is 13.4. The highest BCUT2D eigenvalue weighted by Crippen LogP contribution is 2.66. The summed E-state index contributed by atoms with van der Waals surface area (Å²) in [6.07, 6.45) is 6.62. The van der Waals surface area contributed by atoms with Gasteiger partial charge in [-0.1, -0.05) is 58.4 Å². The van der Waals surface area contributed by atoms with Crippen LogP contribution in [0.1, 0.15) is 70.9 Å². The Hall–Kier alpha value is -2.14. The normalized spacial score (nSPS) is 35.3. The van der Waals surface area contributed by atoms with Crippen molar-refractivity contribution in [1.29, 1.82) is 0 Å². The molecule has 4 bridgehead atoms. The van der Waals surface area contributed by atoms with E-state index in [-0.39, 0.29) is 23.4 Å². The second-order valence-corrected chi connectivity index (χ2v) is 16.0. The largest absolute Gasteiger partial charge is 0.294 e. The van der Waals surface area contributed by atoms with Gasteiger partial charge in [0.2, 0.25) is 0 Å². The van der Waals surface area contributed by atoms with Crippen LogP contribution in [0.15, 0.2) is 35.4 Å². The Bertz CT molecular complexity index is 1530. The lowest BCUT2D eigenvalue weighted by Gasteiger charge is -2.45. The smallest absolute Gasteiger partial charge is 0.265 e. The molecular formula is C29H36O8S2. The fourth-order valence-corrected chi connectivity index (χ4v) is 11.0. The minimum atomic E-state index is -4.35. The second-order valence-electron chi connectivity index (χ2n) is 13.1. The van der Waals surface area contributed by atoms with Crippen LogP contribution in [0.25, 0.3) is 12.2 Å². The van der Waals surface area contributed by atoms with Crippen LogP contribution in [-0.2, 0) is 29.8 Å². The first kappa shape index (κ1) is 28.4. The molecule has 1 aromatic rings. The van der Waals surface area contributed by atoms with Gasteiger partial charge in [-0.05, 0) is 71.6 Å². The summed E-state index contributed by atoms with van der Waals surface area (Å²) in [5.41, 5.74) is -0.777. The number of carbonyl (C=O) groups excluding carboxylic acids is 2. The van der Waals surface area contributed by atoms with E-state index >= 15 is 0 Å². The number of hydrogen-bond donors (Lipinski definition) is 2. The van der Waals surface area contributed by atoms with Gasteiger partial charge in [-0.25, -0.2) is 0 Å². The Labute approximate surface area is 230 Å². The molecule has 4 atom stereocenters. The van der Waals surface area contributed by atoms with Gasteiger partial charge in [-0.2, -0.15) is 16.8 Å². The Morgan fingerprint density at radius 1 is 0.718 bits per heavy atom. The molecule has 4 saturated carbocycles. The van der Waals surface area contributed by atoms with E-state index in [1.54, 1.807) is 6.08 Å². The highest BCUT2D eigenvalue weighted by atomic mass is 32.2. The van der Waals surface area contributed by atoms with Crippen molar-refractivity contribution in [2.75, 3.05) is 11.5 Å². The summed E-state index contributed by atoms with van der Waals surface area (Å²) >= 11 is 0. The van der Waals surface area contributed by atoms with Crippen LogP contribution in [0.3, 0.4) is 0 Å². The third-order valence-electron chi connectivity index (χ3n) is 10.7. The van der Waals surface area contributed by atoms with Crippen molar-refractivity contribution >= 4 is 44.0 Å². The van der Waals surface area contributed by atoms with Crippen LogP contribution in [0.5, 0.6) is 0 Å². The summed E-state index contributed by atoms with van der Waals surface area (Å²) in [5.74, 6) is -1.80. The van der Waals surface area contributed by atoms with Crippen LogP contribution in [0.2, 0.25) is 0 Å². The molecule has 10 heteroatoms. The molecule has 8 nitrogen and oxygen atoms in total. The Balaban J connectivity index is 1.45. The van der Waals surface area contributed by atoms with Crippen LogP contribution < -0.4 is 0 Å². The van der Waals surface area contributed by atoms with Crippen molar-refractivity contribution in [2.45, 2.75) is 59.8 Å². The molecule has 4 fully saturated rings. The zero-order chi connectivity index (χ0) is 28.8. The molecule has 0 saturated heterocycles. The topological polar surface area (TPSA) is 143 Å². The van der Waals surface area contributed by atoms with E-state index in [2.05, 4.69) is 0 Å². The maximum atomic E-state index is 13.7. The third kappa shape index (κ3) is 4.21. The average Bonchev–Trinajstić information content (AvgIpc) is 3.11. The molecule has 0 aromatic heterocycles. The third-order valence-corrected chi connectivity index (χ3v) is 12.5. The number of carbonyl (C=O) groups is 2. The van der Waals surface area contributed by atoms with Crippen LogP contribution >= 0.6 is 0 Å². The van der Waals surface area contributed by atoms with E-state index < -0.39 is 53.4 Å². The van der Waals surface area contributed by atoms with Crippen LogP contribution in [0, 0.1) is 33.5 Å². The molecule has 4 unspecified atom stereocenters. The van der Waals surface area contributed by atoms with Gasteiger partial charge in [0.05, 0.1) is 22.3 Å². The summed E-state index contributed by atoms with van der Waals surface area (Å²) in [5, 5.41) is 0. The minimum Gasteiger partial charge on any atom is -0.294 e. The Kier molecular flexibility index (Phi) is 6.32. The van der Waals surface area contributed by atoms with Gasteiger partial charge in [0, 0.05) is 11.1 Å². The zero-order valence-corrected chi connectivity index (χ0v) is 24.4. The molecule has 4 aliphatic rings. The lowest BCUT2D eigenvalue weighted by atomic mass is 9.59. The first-order valence-corrected chi connectivity index (χ1v) is 16.6. The summed E-state index contributed by atoms with van der Waals surface area (Å²) in [4.78, 5) is 27.1. The molecule has 212 valence electrons. The number of fused-ring (bicyclic) bond motifs is 4. The van der Waals surface area contributed by atoms with E-state index in [1.165, 1.54) is 0 Å². The summed E-state index contributed by atoms with van der Waals surface area (Å²) in [6, 6.07) is 7.36. The Morgan fingerprint density at radius 3 is 1.51 bits per heavy atom.